The first-order valence-electron chi connectivity index (χ1n) is 7.93. The number of fused-ring (bicyclic) bond motifs is 1. The third-order valence-corrected chi connectivity index (χ3v) is 3.85. The summed E-state index contributed by atoms with van der Waals surface area (Å²) in [4.78, 5) is 25.5. The Labute approximate surface area is 152 Å². The molecule has 1 heterocycles. The van der Waals surface area contributed by atoms with Crippen molar-refractivity contribution < 1.29 is 32.2 Å². The summed E-state index contributed by atoms with van der Waals surface area (Å²) in [5, 5.41) is 2.10. The van der Waals surface area contributed by atoms with Crippen molar-refractivity contribution in [3.63, 3.8) is 0 Å². The number of amides is 2. The fourth-order valence-corrected chi connectivity index (χ4v) is 2.49. The average Bonchev–Trinajstić information content (AvgIpc) is 2.67. The first kappa shape index (κ1) is 18.6. The molecule has 0 saturated heterocycles. The summed E-state index contributed by atoms with van der Waals surface area (Å²) in [6.45, 7) is -0.474. The van der Waals surface area contributed by atoms with Crippen molar-refractivity contribution in [1.82, 2.24) is 4.90 Å². The van der Waals surface area contributed by atoms with E-state index in [9.17, 15) is 22.8 Å². The van der Waals surface area contributed by atoms with E-state index in [1.54, 1.807) is 24.3 Å². The second-order valence-electron chi connectivity index (χ2n) is 5.83. The van der Waals surface area contributed by atoms with Crippen LogP contribution in [0.3, 0.4) is 0 Å². The van der Waals surface area contributed by atoms with E-state index in [-0.39, 0.29) is 6.61 Å². The van der Waals surface area contributed by atoms with E-state index < -0.39 is 47.6 Å². The van der Waals surface area contributed by atoms with Crippen LogP contribution in [0.25, 0.3) is 0 Å². The SMILES string of the molecule is CN(CC(=O)Nc1ccc(F)c(F)c1F)C(=O)[C@@H]1COc2ccccc2O1. The van der Waals surface area contributed by atoms with Gasteiger partial charge in [0.05, 0.1) is 12.2 Å². The second kappa shape index (κ2) is 7.56. The number of nitrogens with zero attached hydrogens (tertiary/aromatic N) is 1. The zero-order chi connectivity index (χ0) is 19.6. The number of rotatable bonds is 4. The highest BCUT2D eigenvalue weighted by Gasteiger charge is 2.30. The average molecular weight is 380 g/mol. The van der Waals surface area contributed by atoms with Crippen LogP contribution in [0.2, 0.25) is 0 Å². The van der Waals surface area contributed by atoms with Crippen LogP contribution in [0.4, 0.5) is 18.9 Å². The van der Waals surface area contributed by atoms with Crippen molar-refractivity contribution in [2.75, 3.05) is 25.5 Å². The predicted molar refractivity (Wildman–Crippen MR) is 88.9 cm³/mol. The van der Waals surface area contributed by atoms with E-state index in [2.05, 4.69) is 5.32 Å². The van der Waals surface area contributed by atoms with Crippen LogP contribution in [0.1, 0.15) is 0 Å². The summed E-state index contributed by atoms with van der Waals surface area (Å²) in [6.07, 6.45) is -0.947. The fraction of sp³-hybridized carbons (Fsp3) is 0.222. The Hall–Kier alpha value is -3.23. The largest absolute Gasteiger partial charge is 0.485 e. The zero-order valence-corrected chi connectivity index (χ0v) is 14.2. The monoisotopic (exact) mass is 380 g/mol. The van der Waals surface area contributed by atoms with Crippen molar-refractivity contribution >= 4 is 17.5 Å². The molecular weight excluding hydrogens is 365 g/mol. The van der Waals surface area contributed by atoms with Gasteiger partial charge in [0.1, 0.15) is 6.61 Å². The van der Waals surface area contributed by atoms with Gasteiger partial charge in [-0.1, -0.05) is 12.1 Å². The fourth-order valence-electron chi connectivity index (χ4n) is 2.49. The Morgan fingerprint density at radius 3 is 2.56 bits per heavy atom. The number of halogens is 3. The number of carbonyl (C=O) groups excluding carboxylic acids is 2. The van der Waals surface area contributed by atoms with Crippen molar-refractivity contribution in [1.29, 1.82) is 0 Å². The molecule has 1 N–H and O–H groups in total. The normalized spacial score (nSPS) is 15.2. The number of hydrogen-bond acceptors (Lipinski definition) is 4. The summed E-state index contributed by atoms with van der Waals surface area (Å²) >= 11 is 0. The molecule has 0 radical (unpaired) electrons. The summed E-state index contributed by atoms with van der Waals surface area (Å²) in [5.74, 6) is -4.97. The maximum Gasteiger partial charge on any atom is 0.267 e. The van der Waals surface area contributed by atoms with Crippen molar-refractivity contribution in [3.8, 4) is 11.5 Å². The number of anilines is 1. The molecule has 0 spiro atoms. The summed E-state index contributed by atoms with van der Waals surface area (Å²) < 4.78 is 50.7. The van der Waals surface area contributed by atoms with Gasteiger partial charge in [-0.25, -0.2) is 13.2 Å². The predicted octanol–water partition coefficient (Wildman–Crippen LogP) is 2.34. The van der Waals surface area contributed by atoms with E-state index in [1.807, 2.05) is 0 Å². The van der Waals surface area contributed by atoms with E-state index >= 15 is 0 Å². The molecule has 2 amide bonds. The maximum absolute atomic E-state index is 13.6. The van der Waals surface area contributed by atoms with Crippen molar-refractivity contribution in [2.24, 2.45) is 0 Å². The number of carbonyl (C=O) groups is 2. The molecule has 0 fully saturated rings. The van der Waals surface area contributed by atoms with Gasteiger partial charge >= 0.3 is 0 Å². The summed E-state index contributed by atoms with van der Waals surface area (Å²) in [7, 11) is 1.35. The maximum atomic E-state index is 13.6. The van der Waals surface area contributed by atoms with Gasteiger partial charge in [0.15, 0.2) is 29.0 Å². The number of hydrogen-bond donors (Lipinski definition) is 1. The van der Waals surface area contributed by atoms with Crippen LogP contribution >= 0.6 is 0 Å². The minimum absolute atomic E-state index is 0.0282. The Morgan fingerprint density at radius 2 is 1.81 bits per heavy atom. The molecule has 0 saturated carbocycles. The molecular formula is C18H15F3N2O4. The molecule has 27 heavy (non-hydrogen) atoms. The molecule has 2 aromatic carbocycles. The molecule has 1 atom stereocenters. The van der Waals surface area contributed by atoms with Crippen LogP contribution < -0.4 is 14.8 Å². The van der Waals surface area contributed by atoms with Gasteiger partial charge in [-0.15, -0.1) is 0 Å². The van der Waals surface area contributed by atoms with Crippen molar-refractivity contribution in [2.45, 2.75) is 6.10 Å². The second-order valence-corrected chi connectivity index (χ2v) is 5.83. The number of ether oxygens (including phenoxy) is 2. The topological polar surface area (TPSA) is 67.9 Å². The molecule has 0 bridgehead atoms. The van der Waals surface area contributed by atoms with Crippen LogP contribution in [-0.4, -0.2) is 43.0 Å². The van der Waals surface area contributed by atoms with E-state index in [0.29, 0.717) is 17.6 Å². The highest BCUT2D eigenvalue weighted by molar-refractivity contribution is 5.95. The lowest BCUT2D eigenvalue weighted by molar-refractivity contribution is -0.141. The van der Waals surface area contributed by atoms with Crippen molar-refractivity contribution in [3.05, 3.63) is 53.8 Å². The van der Waals surface area contributed by atoms with Crippen LogP contribution in [-0.2, 0) is 9.59 Å². The van der Waals surface area contributed by atoms with Gasteiger partial charge in [-0.3, -0.25) is 9.59 Å². The third-order valence-electron chi connectivity index (χ3n) is 3.85. The number of para-hydroxylation sites is 2. The Kier molecular flexibility index (Phi) is 5.20. The standard InChI is InChI=1S/C18H15F3N2O4/c1-23(8-15(24)22-11-7-6-10(19)16(20)17(11)21)18(25)14-9-26-12-4-2-3-5-13(12)27-14/h2-7,14H,8-9H2,1H3,(H,22,24)/t14-/m0/s1. The molecule has 1 aliphatic rings. The molecule has 1 aliphatic heterocycles. The number of nitrogens with one attached hydrogen (secondary N) is 1. The molecule has 3 rings (SSSR count). The van der Waals surface area contributed by atoms with Gasteiger partial charge in [0.25, 0.3) is 5.91 Å². The Morgan fingerprint density at radius 1 is 1.11 bits per heavy atom. The first-order chi connectivity index (χ1) is 12.9. The molecule has 0 unspecified atom stereocenters. The molecule has 6 nitrogen and oxygen atoms in total. The quantitative estimate of drug-likeness (QED) is 0.827. The lowest BCUT2D eigenvalue weighted by Crippen LogP contribution is -2.47. The van der Waals surface area contributed by atoms with E-state index in [4.69, 9.17) is 9.47 Å². The Bertz CT molecular complexity index is 891. The highest BCUT2D eigenvalue weighted by Crippen LogP contribution is 2.31. The zero-order valence-electron chi connectivity index (χ0n) is 14.2. The molecule has 2 aromatic rings. The van der Waals surface area contributed by atoms with Crippen LogP contribution in [0, 0.1) is 17.5 Å². The summed E-state index contributed by atoms with van der Waals surface area (Å²) in [6, 6.07) is 8.41. The van der Waals surface area contributed by atoms with Crippen LogP contribution in [0.5, 0.6) is 11.5 Å². The molecule has 142 valence electrons. The third kappa shape index (κ3) is 3.97. The lowest BCUT2D eigenvalue weighted by atomic mass is 10.2. The Balaban J connectivity index is 1.60. The lowest BCUT2D eigenvalue weighted by Gasteiger charge is -2.28. The molecule has 0 aromatic heterocycles. The van der Waals surface area contributed by atoms with E-state index in [0.717, 1.165) is 11.0 Å². The van der Waals surface area contributed by atoms with Gasteiger partial charge in [0.2, 0.25) is 12.0 Å². The van der Waals surface area contributed by atoms with Gasteiger partial charge in [0, 0.05) is 7.05 Å². The minimum Gasteiger partial charge on any atom is -0.485 e. The summed E-state index contributed by atoms with van der Waals surface area (Å²) in [5.41, 5.74) is -0.522. The van der Waals surface area contributed by atoms with E-state index in [1.165, 1.54) is 7.05 Å². The highest BCUT2D eigenvalue weighted by atomic mass is 19.2. The van der Waals surface area contributed by atoms with Gasteiger partial charge in [-0.2, -0.15) is 0 Å². The smallest absolute Gasteiger partial charge is 0.267 e. The van der Waals surface area contributed by atoms with Gasteiger partial charge < -0.3 is 19.7 Å². The number of likely N-dealkylation sites (N-methyl/N-ethyl adjacent to an activating group) is 1. The number of benzene rings is 2. The molecule has 9 heteroatoms. The first-order valence-corrected chi connectivity index (χ1v) is 7.93. The van der Waals surface area contributed by atoms with Gasteiger partial charge in [-0.05, 0) is 24.3 Å². The molecule has 0 aliphatic carbocycles. The minimum atomic E-state index is -1.69. The van der Waals surface area contributed by atoms with Crippen LogP contribution in [0.15, 0.2) is 36.4 Å².